The summed E-state index contributed by atoms with van der Waals surface area (Å²) in [6, 6.07) is 3.99. The van der Waals surface area contributed by atoms with Crippen molar-refractivity contribution in [2.24, 2.45) is 0 Å². The molecule has 2 aliphatic heterocycles. The molecule has 0 spiro atoms. The second kappa shape index (κ2) is 5.28. The number of aromatic amines is 1. The van der Waals surface area contributed by atoms with Crippen LogP contribution in [-0.4, -0.2) is 39.0 Å². The van der Waals surface area contributed by atoms with Gasteiger partial charge in [0.15, 0.2) is 5.69 Å². The van der Waals surface area contributed by atoms with Crippen molar-refractivity contribution in [2.45, 2.75) is 39.4 Å². The van der Waals surface area contributed by atoms with Gasteiger partial charge >= 0.3 is 0 Å². The molecule has 1 fully saturated rings. The Balaban J connectivity index is 1.48. The fraction of sp³-hybridized carbons (Fsp3) is 0.500. The normalized spacial score (nSPS) is 18.1. The predicted octanol–water partition coefficient (Wildman–Crippen LogP) is 2.06. The summed E-state index contributed by atoms with van der Waals surface area (Å²) in [5, 5.41) is 7.30. The molecule has 0 radical (unpaired) electrons. The van der Waals surface area contributed by atoms with Crippen LogP contribution < -0.4 is 0 Å². The average Bonchev–Trinajstić information content (AvgIpc) is 3.22. The molecule has 22 heavy (non-hydrogen) atoms. The van der Waals surface area contributed by atoms with Crippen molar-refractivity contribution >= 4 is 5.91 Å². The largest absolute Gasteiger partial charge is 0.465 e. The third-order valence-corrected chi connectivity index (χ3v) is 4.49. The highest BCUT2D eigenvalue weighted by molar-refractivity contribution is 5.94. The van der Waals surface area contributed by atoms with E-state index in [1.165, 1.54) is 0 Å². The topological polar surface area (TPSA) is 65.4 Å². The first kappa shape index (κ1) is 13.6. The standard InChI is InChI=1S/C16H20N4O2/c1-11-4-5-12(22-11)8-19-9-13-14(10-19)17-18-15(13)16(21)20-6-2-3-7-20/h4-5H,2-3,6-10H2,1H3,(H,17,18). The summed E-state index contributed by atoms with van der Waals surface area (Å²) >= 11 is 0. The van der Waals surface area contributed by atoms with E-state index in [9.17, 15) is 4.79 Å². The van der Waals surface area contributed by atoms with Crippen LogP contribution >= 0.6 is 0 Å². The molecule has 4 rings (SSSR count). The average molecular weight is 300 g/mol. The Morgan fingerprint density at radius 3 is 2.86 bits per heavy atom. The lowest BCUT2D eigenvalue weighted by atomic mass is 10.2. The van der Waals surface area contributed by atoms with E-state index in [1.54, 1.807) is 0 Å². The van der Waals surface area contributed by atoms with Crippen molar-refractivity contribution in [3.05, 3.63) is 40.6 Å². The quantitative estimate of drug-likeness (QED) is 0.942. The van der Waals surface area contributed by atoms with E-state index in [4.69, 9.17) is 4.42 Å². The first-order valence-electron chi connectivity index (χ1n) is 7.84. The number of rotatable bonds is 3. The number of amides is 1. The van der Waals surface area contributed by atoms with E-state index < -0.39 is 0 Å². The van der Waals surface area contributed by atoms with Crippen molar-refractivity contribution in [1.29, 1.82) is 0 Å². The Hall–Kier alpha value is -2.08. The van der Waals surface area contributed by atoms with Gasteiger partial charge in [-0.15, -0.1) is 0 Å². The second-order valence-corrected chi connectivity index (χ2v) is 6.19. The predicted molar refractivity (Wildman–Crippen MR) is 80.1 cm³/mol. The van der Waals surface area contributed by atoms with Gasteiger partial charge in [-0.05, 0) is 31.9 Å². The lowest BCUT2D eigenvalue weighted by Crippen LogP contribution is -2.29. The maximum absolute atomic E-state index is 12.5. The summed E-state index contributed by atoms with van der Waals surface area (Å²) in [4.78, 5) is 16.7. The van der Waals surface area contributed by atoms with E-state index in [0.29, 0.717) is 5.69 Å². The molecular formula is C16H20N4O2. The number of nitrogens with one attached hydrogen (secondary N) is 1. The number of hydrogen-bond acceptors (Lipinski definition) is 4. The van der Waals surface area contributed by atoms with Crippen LogP contribution in [0.25, 0.3) is 0 Å². The lowest BCUT2D eigenvalue weighted by molar-refractivity contribution is 0.0785. The van der Waals surface area contributed by atoms with Gasteiger partial charge in [-0.2, -0.15) is 5.10 Å². The molecule has 0 bridgehead atoms. The van der Waals surface area contributed by atoms with Gasteiger partial charge in [0.25, 0.3) is 5.91 Å². The SMILES string of the molecule is Cc1ccc(CN2Cc3[nH]nc(C(=O)N4CCCC4)c3C2)o1. The van der Waals surface area contributed by atoms with E-state index in [2.05, 4.69) is 15.1 Å². The van der Waals surface area contributed by atoms with Crippen molar-refractivity contribution in [2.75, 3.05) is 13.1 Å². The van der Waals surface area contributed by atoms with E-state index in [0.717, 1.165) is 68.3 Å². The number of carbonyl (C=O) groups excluding carboxylic acids is 1. The van der Waals surface area contributed by atoms with Gasteiger partial charge in [0.1, 0.15) is 11.5 Å². The minimum Gasteiger partial charge on any atom is -0.465 e. The fourth-order valence-corrected chi connectivity index (χ4v) is 3.35. The summed E-state index contributed by atoms with van der Waals surface area (Å²) in [7, 11) is 0. The molecule has 2 aromatic rings. The molecule has 0 aliphatic carbocycles. The van der Waals surface area contributed by atoms with Gasteiger partial charge in [0.2, 0.25) is 0 Å². The number of hydrogen-bond donors (Lipinski definition) is 1. The molecule has 0 unspecified atom stereocenters. The number of furan rings is 1. The minimum absolute atomic E-state index is 0.0747. The first-order valence-corrected chi connectivity index (χ1v) is 7.84. The van der Waals surface area contributed by atoms with E-state index >= 15 is 0 Å². The summed E-state index contributed by atoms with van der Waals surface area (Å²) in [6.07, 6.45) is 2.20. The number of fused-ring (bicyclic) bond motifs is 1. The maximum atomic E-state index is 12.5. The highest BCUT2D eigenvalue weighted by atomic mass is 16.3. The minimum atomic E-state index is 0.0747. The van der Waals surface area contributed by atoms with Crippen LogP contribution in [0, 0.1) is 6.92 Å². The number of likely N-dealkylation sites (tertiary alicyclic amines) is 1. The molecule has 2 aliphatic rings. The summed E-state index contributed by atoms with van der Waals surface area (Å²) in [5.74, 6) is 1.97. The molecule has 4 heterocycles. The van der Waals surface area contributed by atoms with Crippen LogP contribution in [-0.2, 0) is 19.6 Å². The van der Waals surface area contributed by atoms with Gasteiger partial charge < -0.3 is 9.32 Å². The zero-order chi connectivity index (χ0) is 15.1. The van der Waals surface area contributed by atoms with Gasteiger partial charge in [0, 0.05) is 31.7 Å². The molecule has 2 aromatic heterocycles. The summed E-state index contributed by atoms with van der Waals surface area (Å²) in [5.41, 5.74) is 2.72. The third kappa shape index (κ3) is 2.33. The highest BCUT2D eigenvalue weighted by Crippen LogP contribution is 2.27. The molecule has 0 saturated carbocycles. The van der Waals surface area contributed by atoms with Crippen LogP contribution in [0.3, 0.4) is 0 Å². The van der Waals surface area contributed by atoms with E-state index in [1.807, 2.05) is 24.0 Å². The van der Waals surface area contributed by atoms with Crippen molar-refractivity contribution in [3.63, 3.8) is 0 Å². The monoisotopic (exact) mass is 300 g/mol. The molecule has 0 aromatic carbocycles. The van der Waals surface area contributed by atoms with Crippen LogP contribution in [0.15, 0.2) is 16.5 Å². The summed E-state index contributed by atoms with van der Waals surface area (Å²) in [6.45, 7) is 5.96. The molecule has 116 valence electrons. The number of H-pyrrole nitrogens is 1. The second-order valence-electron chi connectivity index (χ2n) is 6.19. The van der Waals surface area contributed by atoms with Crippen LogP contribution in [0.5, 0.6) is 0 Å². The number of carbonyl (C=O) groups is 1. The smallest absolute Gasteiger partial charge is 0.274 e. The van der Waals surface area contributed by atoms with Gasteiger partial charge in [0.05, 0.1) is 12.2 Å². The van der Waals surface area contributed by atoms with Crippen molar-refractivity contribution < 1.29 is 9.21 Å². The Labute approximate surface area is 129 Å². The molecule has 6 nitrogen and oxygen atoms in total. The van der Waals surface area contributed by atoms with Crippen LogP contribution in [0.1, 0.15) is 46.1 Å². The van der Waals surface area contributed by atoms with E-state index in [-0.39, 0.29) is 5.91 Å². The van der Waals surface area contributed by atoms with Crippen molar-refractivity contribution in [1.82, 2.24) is 20.0 Å². The fourth-order valence-electron chi connectivity index (χ4n) is 3.35. The van der Waals surface area contributed by atoms with Gasteiger partial charge in [-0.3, -0.25) is 14.8 Å². The zero-order valence-electron chi connectivity index (χ0n) is 12.8. The zero-order valence-corrected chi connectivity index (χ0v) is 12.8. The van der Waals surface area contributed by atoms with Crippen LogP contribution in [0.4, 0.5) is 0 Å². The van der Waals surface area contributed by atoms with Gasteiger partial charge in [-0.1, -0.05) is 0 Å². The van der Waals surface area contributed by atoms with Crippen molar-refractivity contribution in [3.8, 4) is 0 Å². The number of nitrogens with zero attached hydrogens (tertiary/aromatic N) is 3. The lowest BCUT2D eigenvalue weighted by Gasteiger charge is -2.15. The Bertz CT molecular complexity index is 697. The first-order chi connectivity index (χ1) is 10.7. The Kier molecular flexibility index (Phi) is 3.26. The molecule has 6 heteroatoms. The highest BCUT2D eigenvalue weighted by Gasteiger charge is 2.31. The number of aryl methyl sites for hydroxylation is 1. The molecular weight excluding hydrogens is 280 g/mol. The summed E-state index contributed by atoms with van der Waals surface area (Å²) < 4.78 is 5.64. The molecule has 0 atom stereocenters. The Morgan fingerprint density at radius 1 is 1.32 bits per heavy atom. The molecule has 1 amide bonds. The Morgan fingerprint density at radius 2 is 2.14 bits per heavy atom. The number of aromatic nitrogens is 2. The van der Waals surface area contributed by atoms with Gasteiger partial charge in [-0.25, -0.2) is 0 Å². The molecule has 1 N–H and O–H groups in total. The van der Waals surface area contributed by atoms with Crippen LogP contribution in [0.2, 0.25) is 0 Å². The third-order valence-electron chi connectivity index (χ3n) is 4.49. The maximum Gasteiger partial charge on any atom is 0.274 e. The molecule has 1 saturated heterocycles.